The van der Waals surface area contributed by atoms with Gasteiger partial charge in [-0.2, -0.15) is 0 Å². The Kier molecular flexibility index (Phi) is 3.92. The molecule has 8 nitrogen and oxygen atoms in total. The number of amides is 4. The third-order valence-electron chi connectivity index (χ3n) is 5.46. The van der Waals surface area contributed by atoms with Crippen LogP contribution in [0.1, 0.15) is 17.5 Å². The van der Waals surface area contributed by atoms with E-state index in [1.807, 2.05) is 24.3 Å². The Bertz CT molecular complexity index is 1070. The molecule has 2 aromatic carbocycles. The van der Waals surface area contributed by atoms with E-state index in [-0.39, 0.29) is 11.8 Å². The largest absolute Gasteiger partial charge is 0.454 e. The van der Waals surface area contributed by atoms with E-state index < -0.39 is 29.9 Å². The highest BCUT2D eigenvalue weighted by molar-refractivity contribution is 6.34. The van der Waals surface area contributed by atoms with Crippen molar-refractivity contribution in [2.45, 2.75) is 18.4 Å². The van der Waals surface area contributed by atoms with Gasteiger partial charge in [0.25, 0.3) is 5.91 Å². The molecule has 1 unspecified atom stereocenters. The van der Waals surface area contributed by atoms with Crippen LogP contribution in [0.2, 0.25) is 5.02 Å². The molecule has 0 aromatic heterocycles. The smallest absolute Gasteiger partial charge is 0.325 e. The van der Waals surface area contributed by atoms with Crippen LogP contribution < -0.4 is 20.1 Å². The maximum absolute atomic E-state index is 13.1. The lowest BCUT2D eigenvalue weighted by molar-refractivity contribution is -0.134. The lowest BCUT2D eigenvalue weighted by Crippen LogP contribution is -2.43. The molecule has 2 aromatic rings. The van der Waals surface area contributed by atoms with Crippen LogP contribution in [-0.4, -0.2) is 36.1 Å². The molecule has 3 aliphatic rings. The minimum atomic E-state index is -1.09. The first-order valence-electron chi connectivity index (χ1n) is 9.09. The molecule has 2 aliphatic heterocycles. The topological polar surface area (TPSA) is 97.0 Å². The zero-order chi connectivity index (χ0) is 20.2. The number of carbonyl (C=O) groups is 3. The zero-order valence-electron chi connectivity index (χ0n) is 15.2. The van der Waals surface area contributed by atoms with Gasteiger partial charge in [0.05, 0.1) is 10.7 Å². The quantitative estimate of drug-likeness (QED) is 0.753. The van der Waals surface area contributed by atoms with Crippen LogP contribution in [0.25, 0.3) is 0 Å². The van der Waals surface area contributed by atoms with Gasteiger partial charge >= 0.3 is 6.03 Å². The number of aryl methyl sites for hydroxylation is 1. The van der Waals surface area contributed by atoms with Crippen molar-refractivity contribution in [1.82, 2.24) is 10.2 Å². The molecule has 1 fully saturated rings. The predicted molar refractivity (Wildman–Crippen MR) is 103 cm³/mol. The molecule has 0 radical (unpaired) electrons. The van der Waals surface area contributed by atoms with E-state index >= 15 is 0 Å². The number of benzene rings is 2. The van der Waals surface area contributed by atoms with Gasteiger partial charge in [-0.15, -0.1) is 0 Å². The summed E-state index contributed by atoms with van der Waals surface area (Å²) in [6, 6.07) is 10.0. The van der Waals surface area contributed by atoms with Gasteiger partial charge in [0.15, 0.2) is 11.5 Å². The van der Waals surface area contributed by atoms with Crippen molar-refractivity contribution in [2.24, 2.45) is 0 Å². The molecule has 1 aliphatic carbocycles. The lowest BCUT2D eigenvalue weighted by atomic mass is 9.92. The molecule has 148 valence electrons. The van der Waals surface area contributed by atoms with Gasteiger partial charge in [-0.25, -0.2) is 4.79 Å². The van der Waals surface area contributed by atoms with E-state index in [0.717, 1.165) is 16.0 Å². The predicted octanol–water partition coefficient (Wildman–Crippen LogP) is 2.40. The number of hydrogen-bond donors (Lipinski definition) is 2. The molecule has 2 N–H and O–H groups in total. The fraction of sp³-hybridized carbons (Fsp3) is 0.250. The van der Waals surface area contributed by atoms with E-state index in [4.69, 9.17) is 21.1 Å². The van der Waals surface area contributed by atoms with E-state index in [9.17, 15) is 14.4 Å². The van der Waals surface area contributed by atoms with Gasteiger partial charge in [0.2, 0.25) is 12.7 Å². The summed E-state index contributed by atoms with van der Waals surface area (Å²) in [6.45, 7) is -0.339. The van der Waals surface area contributed by atoms with Crippen molar-refractivity contribution in [3.8, 4) is 11.5 Å². The van der Waals surface area contributed by atoms with Gasteiger partial charge in [-0.3, -0.25) is 14.5 Å². The summed E-state index contributed by atoms with van der Waals surface area (Å²) in [7, 11) is 0. The van der Waals surface area contributed by atoms with Crippen molar-refractivity contribution in [2.75, 3.05) is 18.7 Å². The number of halogens is 1. The second-order valence-corrected chi connectivity index (χ2v) is 7.52. The van der Waals surface area contributed by atoms with Crippen LogP contribution in [-0.2, 0) is 21.5 Å². The minimum Gasteiger partial charge on any atom is -0.454 e. The summed E-state index contributed by atoms with van der Waals surface area (Å²) in [5, 5.41) is 5.69. The molecule has 4 amide bonds. The summed E-state index contributed by atoms with van der Waals surface area (Å²) in [5.74, 6) is -0.0119. The number of ether oxygens (including phenoxy) is 2. The molecule has 1 saturated heterocycles. The first-order valence-corrected chi connectivity index (χ1v) is 9.47. The van der Waals surface area contributed by atoms with Crippen LogP contribution >= 0.6 is 11.6 Å². The second-order valence-electron chi connectivity index (χ2n) is 7.12. The summed E-state index contributed by atoms with van der Waals surface area (Å²) >= 11 is 6.17. The molecule has 1 spiro atoms. The molecule has 0 bridgehead atoms. The Morgan fingerprint density at radius 3 is 2.79 bits per heavy atom. The average Bonchev–Trinajstić information content (AvgIpc) is 3.36. The number of hydrogen-bond acceptors (Lipinski definition) is 5. The van der Waals surface area contributed by atoms with Crippen LogP contribution in [0.5, 0.6) is 11.5 Å². The number of anilines is 1. The summed E-state index contributed by atoms with van der Waals surface area (Å²) in [5.41, 5.74) is 1.04. The fourth-order valence-corrected chi connectivity index (χ4v) is 4.28. The molecule has 5 rings (SSSR count). The number of rotatable bonds is 3. The standard InChI is InChI=1S/C20H16ClN3O5/c21-13-7-15-16(29-10-28-15)8-14(13)22-17(25)9-24-18(26)20(23-19(24)27)6-5-11-3-1-2-4-12(11)20/h1-4,7-8H,5-6,9-10H2,(H,22,25)(H,23,27). The molecule has 9 heteroatoms. The molecular weight excluding hydrogens is 398 g/mol. The van der Waals surface area contributed by atoms with E-state index in [1.54, 1.807) is 6.07 Å². The Labute approximate surface area is 170 Å². The average molecular weight is 414 g/mol. The number of imide groups is 1. The van der Waals surface area contributed by atoms with Crippen molar-refractivity contribution >= 4 is 35.1 Å². The number of fused-ring (bicyclic) bond motifs is 3. The Balaban J connectivity index is 1.34. The highest BCUT2D eigenvalue weighted by Gasteiger charge is 2.55. The lowest BCUT2D eigenvalue weighted by Gasteiger charge is -2.22. The molecule has 29 heavy (non-hydrogen) atoms. The summed E-state index contributed by atoms with van der Waals surface area (Å²) in [4.78, 5) is 39.1. The van der Waals surface area contributed by atoms with E-state index in [2.05, 4.69) is 10.6 Å². The van der Waals surface area contributed by atoms with Crippen molar-refractivity contribution < 1.29 is 23.9 Å². The summed E-state index contributed by atoms with van der Waals surface area (Å²) in [6.07, 6.45) is 1.16. The third-order valence-corrected chi connectivity index (χ3v) is 5.77. The third kappa shape index (κ3) is 2.71. The number of urea groups is 1. The van der Waals surface area contributed by atoms with Gasteiger partial charge < -0.3 is 20.1 Å². The Hall–Kier alpha value is -3.26. The maximum Gasteiger partial charge on any atom is 0.325 e. The number of carbonyl (C=O) groups excluding carboxylic acids is 3. The van der Waals surface area contributed by atoms with Gasteiger partial charge in [-0.05, 0) is 24.0 Å². The number of nitrogens with zero attached hydrogens (tertiary/aromatic N) is 1. The fourth-order valence-electron chi connectivity index (χ4n) is 4.08. The second kappa shape index (κ2) is 6.38. The van der Waals surface area contributed by atoms with Crippen molar-refractivity contribution in [3.63, 3.8) is 0 Å². The molecular formula is C20H16ClN3O5. The van der Waals surface area contributed by atoms with Gasteiger partial charge in [0, 0.05) is 12.1 Å². The highest BCUT2D eigenvalue weighted by Crippen LogP contribution is 2.41. The monoisotopic (exact) mass is 413 g/mol. The van der Waals surface area contributed by atoms with Gasteiger partial charge in [-0.1, -0.05) is 35.9 Å². The zero-order valence-corrected chi connectivity index (χ0v) is 15.9. The number of nitrogens with one attached hydrogen (secondary N) is 2. The van der Waals surface area contributed by atoms with Gasteiger partial charge in [0.1, 0.15) is 12.1 Å². The summed E-state index contributed by atoms with van der Waals surface area (Å²) < 4.78 is 10.5. The van der Waals surface area contributed by atoms with Crippen LogP contribution in [0.15, 0.2) is 36.4 Å². The highest BCUT2D eigenvalue weighted by atomic mass is 35.5. The van der Waals surface area contributed by atoms with E-state index in [0.29, 0.717) is 30.0 Å². The Morgan fingerprint density at radius 1 is 1.21 bits per heavy atom. The van der Waals surface area contributed by atoms with Crippen molar-refractivity contribution in [3.05, 3.63) is 52.5 Å². The van der Waals surface area contributed by atoms with Crippen LogP contribution in [0, 0.1) is 0 Å². The molecule has 0 saturated carbocycles. The molecule has 2 heterocycles. The van der Waals surface area contributed by atoms with E-state index in [1.165, 1.54) is 6.07 Å². The van der Waals surface area contributed by atoms with Crippen LogP contribution in [0.3, 0.4) is 0 Å². The molecule has 1 atom stereocenters. The first-order chi connectivity index (χ1) is 14.0. The maximum atomic E-state index is 13.1. The minimum absolute atomic E-state index is 0.0784. The Morgan fingerprint density at radius 2 is 1.97 bits per heavy atom. The normalized spacial score (nSPS) is 21.5. The first kappa shape index (κ1) is 17.8. The SMILES string of the molecule is O=C(CN1C(=O)NC2(CCc3ccccc32)C1=O)Nc1cc2c(cc1Cl)OCO2. The van der Waals surface area contributed by atoms with Crippen molar-refractivity contribution in [1.29, 1.82) is 0 Å². The van der Waals surface area contributed by atoms with Crippen LogP contribution in [0.4, 0.5) is 10.5 Å².